The van der Waals surface area contributed by atoms with E-state index in [2.05, 4.69) is 5.32 Å². The Labute approximate surface area is 118 Å². The highest BCUT2D eigenvalue weighted by atomic mass is 19.1. The molecule has 1 aliphatic heterocycles. The van der Waals surface area contributed by atoms with Crippen molar-refractivity contribution in [2.75, 3.05) is 13.7 Å². The Morgan fingerprint density at radius 3 is 3.05 bits per heavy atom. The number of ether oxygens (including phenoxy) is 1. The lowest BCUT2D eigenvalue weighted by Gasteiger charge is -2.24. The number of nitrogens with one attached hydrogen (secondary N) is 1. The standard InChI is InChI=1S/C15H21FN2O2/c1-11(14-7-4-8-20-14)17-15(19)18(2)10-12-5-3-6-13(16)9-12/h3,5-6,9,11,14H,4,7-8,10H2,1-2H3,(H,17,19). The average molecular weight is 280 g/mol. The van der Waals surface area contributed by atoms with Gasteiger partial charge in [-0.05, 0) is 37.5 Å². The lowest BCUT2D eigenvalue weighted by Crippen LogP contribution is -2.46. The molecule has 0 bridgehead atoms. The van der Waals surface area contributed by atoms with Crippen LogP contribution in [0.5, 0.6) is 0 Å². The third kappa shape index (κ3) is 3.93. The highest BCUT2D eigenvalue weighted by Crippen LogP contribution is 2.15. The number of urea groups is 1. The van der Waals surface area contributed by atoms with Crippen LogP contribution in [0.1, 0.15) is 25.3 Å². The monoisotopic (exact) mass is 280 g/mol. The molecule has 0 spiro atoms. The molecule has 0 aromatic heterocycles. The van der Waals surface area contributed by atoms with E-state index in [0.29, 0.717) is 6.54 Å². The lowest BCUT2D eigenvalue weighted by molar-refractivity contribution is 0.0838. The van der Waals surface area contributed by atoms with Gasteiger partial charge in [0.2, 0.25) is 0 Å². The van der Waals surface area contributed by atoms with Gasteiger partial charge in [-0.2, -0.15) is 0 Å². The van der Waals surface area contributed by atoms with E-state index in [9.17, 15) is 9.18 Å². The zero-order valence-corrected chi connectivity index (χ0v) is 11.9. The topological polar surface area (TPSA) is 41.6 Å². The molecule has 2 atom stereocenters. The van der Waals surface area contributed by atoms with Gasteiger partial charge < -0.3 is 15.0 Å². The maximum atomic E-state index is 13.1. The molecule has 1 aromatic rings. The molecule has 20 heavy (non-hydrogen) atoms. The minimum absolute atomic E-state index is 0.0139. The summed E-state index contributed by atoms with van der Waals surface area (Å²) in [5, 5.41) is 2.92. The fourth-order valence-electron chi connectivity index (χ4n) is 2.38. The molecule has 0 radical (unpaired) electrons. The van der Waals surface area contributed by atoms with Gasteiger partial charge >= 0.3 is 6.03 Å². The number of hydrogen-bond donors (Lipinski definition) is 1. The lowest BCUT2D eigenvalue weighted by atomic mass is 10.1. The molecule has 0 saturated carbocycles. The Hall–Kier alpha value is -1.62. The van der Waals surface area contributed by atoms with E-state index in [0.717, 1.165) is 25.0 Å². The summed E-state index contributed by atoms with van der Waals surface area (Å²) in [5.74, 6) is -0.288. The van der Waals surface area contributed by atoms with Crippen LogP contribution in [0.25, 0.3) is 0 Å². The first kappa shape index (κ1) is 14.8. The van der Waals surface area contributed by atoms with Gasteiger partial charge in [0.25, 0.3) is 0 Å². The SMILES string of the molecule is CC(NC(=O)N(C)Cc1cccc(F)c1)C1CCCO1. The molecule has 110 valence electrons. The molecule has 2 rings (SSSR count). The van der Waals surface area contributed by atoms with Gasteiger partial charge in [-0.25, -0.2) is 9.18 Å². The van der Waals surface area contributed by atoms with Crippen molar-refractivity contribution in [1.29, 1.82) is 0 Å². The zero-order valence-electron chi connectivity index (χ0n) is 11.9. The highest BCUT2D eigenvalue weighted by Gasteiger charge is 2.24. The molecular formula is C15H21FN2O2. The van der Waals surface area contributed by atoms with Crippen LogP contribution in [0, 0.1) is 5.82 Å². The summed E-state index contributed by atoms with van der Waals surface area (Å²) in [6, 6.07) is 6.09. The van der Waals surface area contributed by atoms with Crippen LogP contribution in [0.4, 0.5) is 9.18 Å². The van der Waals surface area contributed by atoms with Crippen molar-refractivity contribution < 1.29 is 13.9 Å². The van der Waals surface area contributed by atoms with Crippen LogP contribution in [0.2, 0.25) is 0 Å². The maximum Gasteiger partial charge on any atom is 0.317 e. The molecule has 5 heteroatoms. The molecule has 1 fully saturated rings. The number of nitrogens with zero attached hydrogens (tertiary/aromatic N) is 1. The van der Waals surface area contributed by atoms with Crippen molar-refractivity contribution in [3.8, 4) is 0 Å². The number of carbonyl (C=O) groups is 1. The number of hydrogen-bond acceptors (Lipinski definition) is 2. The number of halogens is 1. The molecule has 0 aliphatic carbocycles. The molecule has 1 aliphatic rings. The first-order valence-corrected chi connectivity index (χ1v) is 6.94. The van der Waals surface area contributed by atoms with Gasteiger partial charge in [0.15, 0.2) is 0 Å². The normalized spacial score (nSPS) is 19.6. The van der Waals surface area contributed by atoms with Crippen molar-refractivity contribution in [3.05, 3.63) is 35.6 Å². The third-order valence-electron chi connectivity index (χ3n) is 3.53. The third-order valence-corrected chi connectivity index (χ3v) is 3.53. The quantitative estimate of drug-likeness (QED) is 0.921. The van der Waals surface area contributed by atoms with Crippen LogP contribution < -0.4 is 5.32 Å². The molecule has 1 heterocycles. The van der Waals surface area contributed by atoms with E-state index in [-0.39, 0.29) is 24.0 Å². The van der Waals surface area contributed by atoms with Crippen LogP contribution in [-0.2, 0) is 11.3 Å². The van der Waals surface area contributed by atoms with E-state index in [1.54, 1.807) is 24.1 Å². The number of benzene rings is 1. The summed E-state index contributed by atoms with van der Waals surface area (Å²) in [5.41, 5.74) is 0.771. The Balaban J connectivity index is 1.85. The Morgan fingerprint density at radius 2 is 2.40 bits per heavy atom. The van der Waals surface area contributed by atoms with Crippen LogP contribution in [0.3, 0.4) is 0 Å². The van der Waals surface area contributed by atoms with Crippen molar-refractivity contribution >= 4 is 6.03 Å². The number of amides is 2. The van der Waals surface area contributed by atoms with Gasteiger partial charge in [0, 0.05) is 20.2 Å². The molecule has 1 N–H and O–H groups in total. The number of carbonyl (C=O) groups excluding carboxylic acids is 1. The van der Waals surface area contributed by atoms with E-state index in [1.807, 2.05) is 6.92 Å². The largest absolute Gasteiger partial charge is 0.376 e. The molecule has 1 aromatic carbocycles. The fraction of sp³-hybridized carbons (Fsp3) is 0.533. The smallest absolute Gasteiger partial charge is 0.317 e. The second-order valence-electron chi connectivity index (χ2n) is 5.28. The Kier molecular flexibility index (Phi) is 4.95. The van der Waals surface area contributed by atoms with Gasteiger partial charge in [-0.1, -0.05) is 12.1 Å². The van der Waals surface area contributed by atoms with Crippen molar-refractivity contribution in [1.82, 2.24) is 10.2 Å². The Morgan fingerprint density at radius 1 is 1.60 bits per heavy atom. The molecule has 1 saturated heterocycles. The van der Waals surface area contributed by atoms with E-state index in [4.69, 9.17) is 4.74 Å². The summed E-state index contributed by atoms with van der Waals surface area (Å²) in [6.45, 7) is 3.09. The van der Waals surface area contributed by atoms with Crippen molar-refractivity contribution in [2.45, 2.75) is 38.5 Å². The van der Waals surface area contributed by atoms with Gasteiger partial charge in [0.1, 0.15) is 5.82 Å². The van der Waals surface area contributed by atoms with Crippen molar-refractivity contribution in [3.63, 3.8) is 0 Å². The van der Waals surface area contributed by atoms with Gasteiger partial charge in [0.05, 0.1) is 12.1 Å². The van der Waals surface area contributed by atoms with Crippen LogP contribution in [0.15, 0.2) is 24.3 Å². The number of rotatable bonds is 4. The summed E-state index contributed by atoms with van der Waals surface area (Å²) in [6.07, 6.45) is 2.13. The average Bonchev–Trinajstić information content (AvgIpc) is 2.92. The summed E-state index contributed by atoms with van der Waals surface area (Å²) >= 11 is 0. The van der Waals surface area contributed by atoms with Crippen molar-refractivity contribution in [2.24, 2.45) is 0 Å². The Bertz CT molecular complexity index is 461. The maximum absolute atomic E-state index is 13.1. The summed E-state index contributed by atoms with van der Waals surface area (Å²) in [7, 11) is 1.70. The predicted octanol–water partition coefficient (Wildman–Crippen LogP) is 2.53. The van der Waals surface area contributed by atoms with E-state index < -0.39 is 0 Å². The first-order valence-electron chi connectivity index (χ1n) is 6.94. The minimum Gasteiger partial charge on any atom is -0.376 e. The second kappa shape index (κ2) is 6.70. The van der Waals surface area contributed by atoms with E-state index >= 15 is 0 Å². The van der Waals surface area contributed by atoms with Crippen LogP contribution >= 0.6 is 0 Å². The van der Waals surface area contributed by atoms with Gasteiger partial charge in [-0.3, -0.25) is 0 Å². The van der Waals surface area contributed by atoms with Crippen LogP contribution in [-0.4, -0.2) is 36.7 Å². The molecule has 2 unspecified atom stereocenters. The molecular weight excluding hydrogens is 259 g/mol. The summed E-state index contributed by atoms with van der Waals surface area (Å²) in [4.78, 5) is 13.6. The fourth-order valence-corrected chi connectivity index (χ4v) is 2.38. The highest BCUT2D eigenvalue weighted by molar-refractivity contribution is 5.74. The minimum atomic E-state index is -0.288. The molecule has 4 nitrogen and oxygen atoms in total. The second-order valence-corrected chi connectivity index (χ2v) is 5.28. The van der Waals surface area contributed by atoms with Gasteiger partial charge in [-0.15, -0.1) is 0 Å². The zero-order chi connectivity index (χ0) is 14.5. The van der Waals surface area contributed by atoms with E-state index in [1.165, 1.54) is 12.1 Å². The summed E-state index contributed by atoms with van der Waals surface area (Å²) < 4.78 is 18.6. The predicted molar refractivity (Wildman–Crippen MR) is 74.8 cm³/mol. The first-order chi connectivity index (χ1) is 9.56. The molecule has 2 amide bonds.